The van der Waals surface area contributed by atoms with Gasteiger partial charge in [0, 0.05) is 11.6 Å². The quantitative estimate of drug-likeness (QED) is 0.724. The lowest BCUT2D eigenvalue weighted by Gasteiger charge is -2.15. The van der Waals surface area contributed by atoms with Gasteiger partial charge >= 0.3 is 0 Å². The summed E-state index contributed by atoms with van der Waals surface area (Å²) in [6, 6.07) is 9.81. The standard InChI is InChI=1S/C12H12BrNO/c1-12(2,13)11(15)14-8-7-9-5-3-4-6-10(9)14/h3-8H,1-2H3. The SMILES string of the molecule is CC(C)(Br)C(=O)n1ccc2ccccc21. The highest BCUT2D eigenvalue weighted by atomic mass is 79.9. The molecule has 78 valence electrons. The fraction of sp³-hybridized carbons (Fsp3) is 0.250. The van der Waals surface area contributed by atoms with Crippen LogP contribution in [0, 0.1) is 0 Å². The molecule has 2 nitrogen and oxygen atoms in total. The Balaban J connectivity index is 2.58. The smallest absolute Gasteiger partial charge is 0.247 e. The Labute approximate surface area is 97.0 Å². The zero-order valence-electron chi connectivity index (χ0n) is 8.70. The Hall–Kier alpha value is -1.09. The van der Waals surface area contributed by atoms with Crippen molar-refractivity contribution >= 4 is 32.7 Å². The van der Waals surface area contributed by atoms with Gasteiger partial charge in [0.25, 0.3) is 0 Å². The lowest BCUT2D eigenvalue weighted by molar-refractivity contribution is 0.0884. The number of carbonyl (C=O) groups excluding carboxylic acids is 1. The number of alkyl halides is 1. The lowest BCUT2D eigenvalue weighted by atomic mass is 10.2. The van der Waals surface area contributed by atoms with E-state index < -0.39 is 4.32 Å². The van der Waals surface area contributed by atoms with Crippen molar-refractivity contribution < 1.29 is 4.79 Å². The molecule has 0 aliphatic heterocycles. The van der Waals surface area contributed by atoms with Crippen LogP contribution in [0.1, 0.15) is 18.6 Å². The molecule has 0 saturated carbocycles. The van der Waals surface area contributed by atoms with Crippen LogP contribution in [-0.4, -0.2) is 14.8 Å². The number of fused-ring (bicyclic) bond motifs is 1. The van der Waals surface area contributed by atoms with E-state index in [1.807, 2.05) is 50.4 Å². The largest absolute Gasteiger partial charge is 0.286 e. The number of para-hydroxylation sites is 1. The predicted molar refractivity (Wildman–Crippen MR) is 65.6 cm³/mol. The molecule has 0 spiro atoms. The van der Waals surface area contributed by atoms with E-state index >= 15 is 0 Å². The van der Waals surface area contributed by atoms with Gasteiger partial charge in [-0.3, -0.25) is 9.36 Å². The van der Waals surface area contributed by atoms with Crippen LogP contribution < -0.4 is 0 Å². The first kappa shape index (κ1) is 10.4. The molecule has 1 heterocycles. The fourth-order valence-corrected chi connectivity index (χ4v) is 1.74. The Kier molecular flexibility index (Phi) is 2.43. The molecule has 0 aliphatic rings. The van der Waals surface area contributed by atoms with Crippen molar-refractivity contribution in [3.05, 3.63) is 36.5 Å². The number of hydrogen-bond donors (Lipinski definition) is 0. The van der Waals surface area contributed by atoms with Gasteiger partial charge < -0.3 is 0 Å². The van der Waals surface area contributed by atoms with Crippen LogP contribution in [0.4, 0.5) is 0 Å². The van der Waals surface area contributed by atoms with Crippen LogP contribution in [0.15, 0.2) is 36.5 Å². The molecule has 0 unspecified atom stereocenters. The van der Waals surface area contributed by atoms with Crippen LogP contribution in [0.5, 0.6) is 0 Å². The molecule has 0 aliphatic carbocycles. The normalized spacial score (nSPS) is 11.9. The van der Waals surface area contributed by atoms with Crippen LogP contribution in [0.3, 0.4) is 0 Å². The van der Waals surface area contributed by atoms with Gasteiger partial charge in [-0.25, -0.2) is 0 Å². The maximum atomic E-state index is 12.1. The van der Waals surface area contributed by atoms with Crippen molar-refractivity contribution in [1.29, 1.82) is 0 Å². The van der Waals surface area contributed by atoms with Crippen LogP contribution >= 0.6 is 15.9 Å². The zero-order chi connectivity index (χ0) is 11.1. The second-order valence-corrected chi connectivity index (χ2v) is 6.00. The molecule has 1 aromatic carbocycles. The van der Waals surface area contributed by atoms with E-state index in [0.717, 1.165) is 10.9 Å². The van der Waals surface area contributed by atoms with Crippen molar-refractivity contribution in [2.75, 3.05) is 0 Å². The highest BCUT2D eigenvalue weighted by Crippen LogP contribution is 2.22. The number of halogens is 1. The molecular weight excluding hydrogens is 254 g/mol. The van der Waals surface area contributed by atoms with E-state index in [1.54, 1.807) is 4.57 Å². The van der Waals surface area contributed by atoms with E-state index in [2.05, 4.69) is 15.9 Å². The lowest BCUT2D eigenvalue weighted by Crippen LogP contribution is -2.29. The Morgan fingerprint density at radius 1 is 1.27 bits per heavy atom. The minimum Gasteiger partial charge on any atom is -0.286 e. The monoisotopic (exact) mass is 265 g/mol. The van der Waals surface area contributed by atoms with Gasteiger partial charge in [-0.1, -0.05) is 34.1 Å². The summed E-state index contributed by atoms with van der Waals surface area (Å²) in [5.41, 5.74) is 0.954. The average Bonchev–Trinajstić information content (AvgIpc) is 2.58. The molecule has 0 bridgehead atoms. The first-order chi connectivity index (χ1) is 7.00. The summed E-state index contributed by atoms with van der Waals surface area (Å²) < 4.78 is 1.15. The van der Waals surface area contributed by atoms with Crippen LogP contribution in [0.2, 0.25) is 0 Å². The van der Waals surface area contributed by atoms with Crippen molar-refractivity contribution in [2.45, 2.75) is 18.2 Å². The third-order valence-corrected chi connectivity index (χ3v) is 2.67. The first-order valence-electron chi connectivity index (χ1n) is 4.80. The van der Waals surface area contributed by atoms with Gasteiger partial charge in [-0.05, 0) is 26.0 Å². The number of aromatic nitrogens is 1. The molecule has 2 rings (SSSR count). The summed E-state index contributed by atoms with van der Waals surface area (Å²) >= 11 is 3.38. The average molecular weight is 266 g/mol. The minimum atomic E-state index is -0.533. The van der Waals surface area contributed by atoms with Crippen molar-refractivity contribution in [3.63, 3.8) is 0 Å². The van der Waals surface area contributed by atoms with Crippen molar-refractivity contribution in [3.8, 4) is 0 Å². The van der Waals surface area contributed by atoms with Gasteiger partial charge in [0.15, 0.2) is 0 Å². The Morgan fingerprint density at radius 2 is 1.93 bits per heavy atom. The topological polar surface area (TPSA) is 22.0 Å². The molecule has 15 heavy (non-hydrogen) atoms. The fourth-order valence-electron chi connectivity index (χ4n) is 1.55. The molecule has 0 fully saturated rings. The molecule has 3 heteroatoms. The highest BCUT2D eigenvalue weighted by Gasteiger charge is 2.25. The molecule has 0 N–H and O–H groups in total. The molecule has 0 atom stereocenters. The van der Waals surface area contributed by atoms with Gasteiger partial charge in [-0.15, -0.1) is 0 Å². The van der Waals surface area contributed by atoms with E-state index in [1.165, 1.54) is 0 Å². The maximum Gasteiger partial charge on any atom is 0.247 e. The van der Waals surface area contributed by atoms with Gasteiger partial charge in [0.2, 0.25) is 5.91 Å². The second-order valence-electron chi connectivity index (χ2n) is 4.02. The molecule has 1 aromatic heterocycles. The van der Waals surface area contributed by atoms with Gasteiger partial charge in [0.1, 0.15) is 0 Å². The van der Waals surface area contributed by atoms with Crippen LogP contribution in [-0.2, 0) is 0 Å². The summed E-state index contributed by atoms with van der Waals surface area (Å²) in [7, 11) is 0. The minimum absolute atomic E-state index is 0.0451. The predicted octanol–water partition coefficient (Wildman–Crippen LogP) is 3.46. The van der Waals surface area contributed by atoms with Gasteiger partial charge in [0.05, 0.1) is 9.84 Å². The number of hydrogen-bond acceptors (Lipinski definition) is 1. The molecule has 2 aromatic rings. The molecule has 0 saturated heterocycles. The van der Waals surface area contributed by atoms with Crippen LogP contribution in [0.25, 0.3) is 10.9 Å². The number of rotatable bonds is 1. The Bertz CT molecular complexity index is 508. The van der Waals surface area contributed by atoms with E-state index in [-0.39, 0.29) is 5.91 Å². The summed E-state index contributed by atoms with van der Waals surface area (Å²) in [6.07, 6.45) is 1.82. The second kappa shape index (κ2) is 3.49. The van der Waals surface area contributed by atoms with E-state index in [0.29, 0.717) is 0 Å². The summed E-state index contributed by atoms with van der Waals surface area (Å²) in [6.45, 7) is 3.70. The summed E-state index contributed by atoms with van der Waals surface area (Å²) in [4.78, 5) is 12.1. The van der Waals surface area contributed by atoms with E-state index in [4.69, 9.17) is 0 Å². The first-order valence-corrected chi connectivity index (χ1v) is 5.59. The maximum absolute atomic E-state index is 12.1. The Morgan fingerprint density at radius 3 is 2.60 bits per heavy atom. The number of nitrogens with zero attached hydrogens (tertiary/aromatic N) is 1. The van der Waals surface area contributed by atoms with Gasteiger partial charge in [-0.2, -0.15) is 0 Å². The number of carbonyl (C=O) groups is 1. The summed E-state index contributed by atoms with van der Waals surface area (Å²) in [5, 5.41) is 1.09. The van der Waals surface area contributed by atoms with E-state index in [9.17, 15) is 4.79 Å². The van der Waals surface area contributed by atoms with Crippen molar-refractivity contribution in [2.24, 2.45) is 0 Å². The number of benzene rings is 1. The highest BCUT2D eigenvalue weighted by molar-refractivity contribution is 9.10. The zero-order valence-corrected chi connectivity index (χ0v) is 10.3. The third-order valence-electron chi connectivity index (χ3n) is 2.33. The molecular formula is C12H12BrNO. The molecule has 0 radical (unpaired) electrons. The van der Waals surface area contributed by atoms with Crippen molar-refractivity contribution in [1.82, 2.24) is 4.57 Å². The third kappa shape index (κ3) is 1.84. The summed E-state index contributed by atoms with van der Waals surface area (Å²) in [5.74, 6) is 0.0451. The molecule has 0 amide bonds.